The van der Waals surface area contributed by atoms with Gasteiger partial charge in [0, 0.05) is 11.3 Å². The third kappa shape index (κ3) is 3.61. The van der Waals surface area contributed by atoms with Crippen LogP contribution >= 0.6 is 0 Å². The quantitative estimate of drug-likeness (QED) is 0.831. The van der Waals surface area contributed by atoms with Crippen LogP contribution in [0.3, 0.4) is 0 Å². The lowest BCUT2D eigenvalue weighted by Crippen LogP contribution is -2.42. The zero-order valence-corrected chi connectivity index (χ0v) is 14.8. The maximum absolute atomic E-state index is 13.2. The van der Waals surface area contributed by atoms with Gasteiger partial charge in [0.25, 0.3) is 5.91 Å². The number of fused-ring (bicyclic) bond motifs is 1. The van der Waals surface area contributed by atoms with Gasteiger partial charge in [0.1, 0.15) is 11.9 Å². The first kappa shape index (κ1) is 18.1. The summed E-state index contributed by atoms with van der Waals surface area (Å²) in [6.45, 7) is 3.81. The number of hydrogen-bond acceptors (Lipinski definition) is 3. The minimum atomic E-state index is -1.05. The molecule has 1 aliphatic rings. The van der Waals surface area contributed by atoms with Crippen molar-refractivity contribution >= 4 is 11.9 Å². The van der Waals surface area contributed by atoms with E-state index in [0.717, 1.165) is 30.5 Å². The van der Waals surface area contributed by atoms with E-state index in [-0.39, 0.29) is 17.4 Å². The monoisotopic (exact) mass is 359 g/mol. The molecule has 0 saturated carbocycles. The molecule has 3 rings (SSSR count). The van der Waals surface area contributed by atoms with Crippen LogP contribution in [0.2, 0.25) is 0 Å². The summed E-state index contributed by atoms with van der Waals surface area (Å²) in [7, 11) is 0. The van der Waals surface area contributed by atoms with E-state index in [2.05, 4.69) is 10.4 Å². The number of amides is 1. The number of carbonyl (C=O) groups is 2. The Labute approximate surface area is 151 Å². The molecule has 1 aromatic carbocycles. The molecule has 0 spiro atoms. The number of aliphatic carboxylic acids is 1. The van der Waals surface area contributed by atoms with Gasteiger partial charge < -0.3 is 10.4 Å². The number of carboxylic acid groups (broad SMARTS) is 1. The predicted molar refractivity (Wildman–Crippen MR) is 93.9 cm³/mol. The SMILES string of the molecule is CC(C)C[C@H](NC(=O)c1nn(-c2ccc(F)cc2)c2c1CCC2)C(=O)O. The molecule has 0 bridgehead atoms. The maximum atomic E-state index is 13.2. The van der Waals surface area contributed by atoms with Gasteiger partial charge in [-0.05, 0) is 55.9 Å². The number of benzene rings is 1. The van der Waals surface area contributed by atoms with Crippen molar-refractivity contribution in [1.29, 1.82) is 0 Å². The van der Waals surface area contributed by atoms with Gasteiger partial charge >= 0.3 is 5.97 Å². The maximum Gasteiger partial charge on any atom is 0.326 e. The molecule has 6 nitrogen and oxygen atoms in total. The summed E-state index contributed by atoms with van der Waals surface area (Å²) in [5.41, 5.74) is 2.72. The molecular weight excluding hydrogens is 337 g/mol. The van der Waals surface area contributed by atoms with Crippen molar-refractivity contribution in [1.82, 2.24) is 15.1 Å². The normalized spacial score (nSPS) is 14.3. The number of hydrogen-bond donors (Lipinski definition) is 2. The lowest BCUT2D eigenvalue weighted by atomic mass is 10.0. The molecule has 26 heavy (non-hydrogen) atoms. The number of carbonyl (C=O) groups excluding carboxylic acids is 1. The third-order valence-corrected chi connectivity index (χ3v) is 4.53. The molecule has 1 atom stereocenters. The zero-order valence-electron chi connectivity index (χ0n) is 14.8. The molecule has 1 aromatic heterocycles. The van der Waals surface area contributed by atoms with Crippen LogP contribution in [0.1, 0.15) is 48.4 Å². The van der Waals surface area contributed by atoms with Crippen molar-refractivity contribution in [2.45, 2.75) is 45.6 Å². The molecular formula is C19H22FN3O3. The molecule has 7 heteroatoms. The number of halogens is 1. The Morgan fingerprint density at radius 2 is 1.96 bits per heavy atom. The Morgan fingerprint density at radius 3 is 2.58 bits per heavy atom. The summed E-state index contributed by atoms with van der Waals surface area (Å²) >= 11 is 0. The van der Waals surface area contributed by atoms with Crippen LogP contribution in [0, 0.1) is 11.7 Å². The first-order valence-electron chi connectivity index (χ1n) is 8.77. The topological polar surface area (TPSA) is 84.2 Å². The van der Waals surface area contributed by atoms with Crippen LogP contribution in [0.15, 0.2) is 24.3 Å². The van der Waals surface area contributed by atoms with E-state index >= 15 is 0 Å². The lowest BCUT2D eigenvalue weighted by Gasteiger charge is -2.16. The van der Waals surface area contributed by atoms with Gasteiger partial charge in [-0.2, -0.15) is 5.10 Å². The predicted octanol–water partition coefficient (Wildman–Crippen LogP) is 2.73. The average molecular weight is 359 g/mol. The smallest absolute Gasteiger partial charge is 0.326 e. The summed E-state index contributed by atoms with van der Waals surface area (Å²) < 4.78 is 14.8. The Balaban J connectivity index is 1.91. The average Bonchev–Trinajstić information content (AvgIpc) is 3.16. The first-order valence-corrected chi connectivity index (χ1v) is 8.77. The van der Waals surface area contributed by atoms with Crippen LogP contribution in [-0.4, -0.2) is 32.8 Å². The van der Waals surface area contributed by atoms with Gasteiger partial charge in [-0.15, -0.1) is 0 Å². The van der Waals surface area contributed by atoms with Crippen molar-refractivity contribution in [3.05, 3.63) is 47.0 Å². The highest BCUT2D eigenvalue weighted by molar-refractivity contribution is 5.96. The second-order valence-corrected chi connectivity index (χ2v) is 7.01. The highest BCUT2D eigenvalue weighted by Gasteiger charge is 2.29. The van der Waals surface area contributed by atoms with E-state index < -0.39 is 17.9 Å². The number of nitrogens with zero attached hydrogens (tertiary/aromatic N) is 2. The van der Waals surface area contributed by atoms with Crippen molar-refractivity contribution in [2.24, 2.45) is 5.92 Å². The number of rotatable bonds is 6. The molecule has 0 unspecified atom stereocenters. The summed E-state index contributed by atoms with van der Waals surface area (Å²) in [5.74, 6) is -1.73. The Bertz CT molecular complexity index is 827. The highest BCUT2D eigenvalue weighted by atomic mass is 19.1. The van der Waals surface area contributed by atoms with E-state index in [1.54, 1.807) is 16.8 Å². The number of aromatic nitrogens is 2. The van der Waals surface area contributed by atoms with E-state index in [1.807, 2.05) is 13.8 Å². The molecule has 0 radical (unpaired) electrons. The molecule has 0 aliphatic heterocycles. The van der Waals surface area contributed by atoms with Gasteiger partial charge in [-0.3, -0.25) is 4.79 Å². The molecule has 0 saturated heterocycles. The van der Waals surface area contributed by atoms with Gasteiger partial charge in [-0.25, -0.2) is 13.9 Å². The fraction of sp³-hybridized carbons (Fsp3) is 0.421. The van der Waals surface area contributed by atoms with Crippen LogP contribution in [0.25, 0.3) is 5.69 Å². The summed E-state index contributed by atoms with van der Waals surface area (Å²) in [4.78, 5) is 24.1. The molecule has 1 heterocycles. The van der Waals surface area contributed by atoms with Gasteiger partial charge in [0.2, 0.25) is 0 Å². The molecule has 1 amide bonds. The van der Waals surface area contributed by atoms with Gasteiger partial charge in [0.15, 0.2) is 5.69 Å². The zero-order chi connectivity index (χ0) is 18.8. The first-order chi connectivity index (χ1) is 12.4. The van der Waals surface area contributed by atoms with Crippen LogP contribution in [0.4, 0.5) is 4.39 Å². The van der Waals surface area contributed by atoms with E-state index in [0.29, 0.717) is 12.1 Å². The molecule has 138 valence electrons. The third-order valence-electron chi connectivity index (χ3n) is 4.53. The van der Waals surface area contributed by atoms with Crippen molar-refractivity contribution in [3.63, 3.8) is 0 Å². The van der Waals surface area contributed by atoms with Gasteiger partial charge in [0.05, 0.1) is 5.69 Å². The summed E-state index contributed by atoms with van der Waals surface area (Å²) in [6, 6.07) is 4.97. The fourth-order valence-corrected chi connectivity index (χ4v) is 3.34. The summed E-state index contributed by atoms with van der Waals surface area (Å²) in [6.07, 6.45) is 2.76. The minimum absolute atomic E-state index is 0.138. The van der Waals surface area contributed by atoms with Crippen molar-refractivity contribution < 1.29 is 19.1 Å². The largest absolute Gasteiger partial charge is 0.480 e. The standard InChI is InChI=1S/C19H22FN3O3/c1-11(2)10-15(19(25)26)21-18(24)17-14-4-3-5-16(14)23(22-17)13-8-6-12(20)7-9-13/h6-9,11,15H,3-5,10H2,1-2H3,(H,21,24)(H,25,26)/t15-/m0/s1. The van der Waals surface area contributed by atoms with Crippen molar-refractivity contribution in [3.8, 4) is 5.69 Å². The molecule has 0 fully saturated rings. The molecule has 2 aromatic rings. The Morgan fingerprint density at radius 1 is 1.27 bits per heavy atom. The minimum Gasteiger partial charge on any atom is -0.480 e. The van der Waals surface area contributed by atoms with E-state index in [4.69, 9.17) is 0 Å². The highest BCUT2D eigenvalue weighted by Crippen LogP contribution is 2.28. The number of nitrogens with one attached hydrogen (secondary N) is 1. The molecule has 2 N–H and O–H groups in total. The second kappa shape index (κ2) is 7.27. The van der Waals surface area contributed by atoms with Crippen LogP contribution in [-0.2, 0) is 17.6 Å². The summed E-state index contributed by atoms with van der Waals surface area (Å²) in [5, 5.41) is 16.4. The van der Waals surface area contributed by atoms with Gasteiger partial charge in [-0.1, -0.05) is 13.8 Å². The number of carboxylic acids is 1. The second-order valence-electron chi connectivity index (χ2n) is 7.01. The fourth-order valence-electron chi connectivity index (χ4n) is 3.34. The Hall–Kier alpha value is -2.70. The lowest BCUT2D eigenvalue weighted by molar-refractivity contribution is -0.139. The van der Waals surface area contributed by atoms with Crippen molar-refractivity contribution in [2.75, 3.05) is 0 Å². The van der Waals surface area contributed by atoms with E-state index in [9.17, 15) is 19.1 Å². The van der Waals surface area contributed by atoms with Crippen LogP contribution in [0.5, 0.6) is 0 Å². The van der Waals surface area contributed by atoms with Crippen LogP contribution < -0.4 is 5.32 Å². The molecule has 1 aliphatic carbocycles. The van der Waals surface area contributed by atoms with E-state index in [1.165, 1.54) is 12.1 Å². The Kier molecular flexibility index (Phi) is 5.06.